The number of aryl methyl sites for hydroxylation is 1. The van der Waals surface area contributed by atoms with E-state index in [4.69, 9.17) is 0 Å². The molecule has 0 atom stereocenters. The third-order valence-electron chi connectivity index (χ3n) is 2.08. The number of hydrogen-bond donors (Lipinski definition) is 1. The summed E-state index contributed by atoms with van der Waals surface area (Å²) in [5.41, 5.74) is 1.17. The second-order valence-electron chi connectivity index (χ2n) is 3.53. The van der Waals surface area contributed by atoms with Crippen molar-refractivity contribution < 1.29 is 14.7 Å². The van der Waals surface area contributed by atoms with Crippen LogP contribution in [0.25, 0.3) is 0 Å². The molecule has 1 aromatic carbocycles. The minimum Gasteiger partial charge on any atom is -0.507 e. The SMILES string of the molecule is CCCC(=O)Sc1c(C)cc(C=O)cc1O. The lowest BCUT2D eigenvalue weighted by Crippen LogP contribution is -1.93. The van der Waals surface area contributed by atoms with Crippen molar-refractivity contribution in [3.63, 3.8) is 0 Å². The predicted octanol–water partition coefficient (Wildman–Crippen LogP) is 2.93. The van der Waals surface area contributed by atoms with Crippen molar-refractivity contribution in [2.24, 2.45) is 0 Å². The van der Waals surface area contributed by atoms with Gasteiger partial charge in [0.05, 0.1) is 4.90 Å². The Hall–Kier alpha value is -1.29. The molecule has 0 saturated heterocycles. The van der Waals surface area contributed by atoms with E-state index in [1.54, 1.807) is 13.0 Å². The van der Waals surface area contributed by atoms with E-state index in [2.05, 4.69) is 0 Å². The third-order valence-corrected chi connectivity index (χ3v) is 3.25. The lowest BCUT2D eigenvalue weighted by Gasteiger charge is -2.07. The van der Waals surface area contributed by atoms with E-state index in [9.17, 15) is 14.7 Å². The lowest BCUT2D eigenvalue weighted by atomic mass is 10.1. The highest BCUT2D eigenvalue weighted by atomic mass is 32.2. The molecule has 0 radical (unpaired) electrons. The van der Waals surface area contributed by atoms with E-state index in [0.717, 1.165) is 23.7 Å². The van der Waals surface area contributed by atoms with Gasteiger partial charge in [0, 0.05) is 12.0 Å². The van der Waals surface area contributed by atoms with E-state index in [1.165, 1.54) is 6.07 Å². The van der Waals surface area contributed by atoms with Crippen LogP contribution < -0.4 is 0 Å². The minimum absolute atomic E-state index is 0.00319. The monoisotopic (exact) mass is 238 g/mol. The van der Waals surface area contributed by atoms with Gasteiger partial charge in [-0.05, 0) is 42.8 Å². The van der Waals surface area contributed by atoms with Gasteiger partial charge in [-0.25, -0.2) is 0 Å². The maximum atomic E-state index is 11.5. The maximum Gasteiger partial charge on any atom is 0.193 e. The van der Waals surface area contributed by atoms with E-state index < -0.39 is 0 Å². The summed E-state index contributed by atoms with van der Waals surface area (Å²) < 4.78 is 0. The zero-order valence-corrected chi connectivity index (χ0v) is 10.1. The summed E-state index contributed by atoms with van der Waals surface area (Å²) in [4.78, 5) is 22.6. The van der Waals surface area contributed by atoms with Crippen molar-refractivity contribution in [3.05, 3.63) is 23.3 Å². The number of thioether (sulfide) groups is 1. The third kappa shape index (κ3) is 3.10. The van der Waals surface area contributed by atoms with Gasteiger partial charge >= 0.3 is 0 Å². The van der Waals surface area contributed by atoms with Crippen molar-refractivity contribution in [2.45, 2.75) is 31.6 Å². The quantitative estimate of drug-likeness (QED) is 0.647. The highest BCUT2D eigenvalue weighted by Crippen LogP contribution is 2.33. The minimum atomic E-state index is -0.00319. The molecular formula is C12H14O3S. The van der Waals surface area contributed by atoms with E-state index in [1.807, 2.05) is 6.92 Å². The van der Waals surface area contributed by atoms with Gasteiger partial charge in [0.25, 0.3) is 0 Å². The largest absolute Gasteiger partial charge is 0.507 e. The average Bonchev–Trinajstić information content (AvgIpc) is 2.23. The molecule has 4 heteroatoms. The first kappa shape index (κ1) is 12.8. The molecule has 0 amide bonds. The van der Waals surface area contributed by atoms with Gasteiger partial charge in [-0.2, -0.15) is 0 Å². The van der Waals surface area contributed by atoms with Crippen molar-refractivity contribution in [2.75, 3.05) is 0 Å². The van der Waals surface area contributed by atoms with Crippen LogP contribution in [0.4, 0.5) is 0 Å². The molecule has 0 heterocycles. The summed E-state index contributed by atoms with van der Waals surface area (Å²) in [6, 6.07) is 3.04. The van der Waals surface area contributed by atoms with Crippen LogP contribution >= 0.6 is 11.8 Å². The normalized spacial score (nSPS) is 10.1. The molecule has 1 rings (SSSR count). The Balaban J connectivity index is 2.96. The van der Waals surface area contributed by atoms with Gasteiger partial charge < -0.3 is 5.11 Å². The lowest BCUT2D eigenvalue weighted by molar-refractivity contribution is -0.111. The number of phenolic OH excluding ortho intramolecular Hbond substituents is 1. The van der Waals surface area contributed by atoms with Gasteiger partial charge in [-0.1, -0.05) is 6.92 Å². The van der Waals surface area contributed by atoms with E-state index in [0.29, 0.717) is 23.2 Å². The molecule has 0 aromatic heterocycles. The Kier molecular flexibility index (Phi) is 4.55. The van der Waals surface area contributed by atoms with Gasteiger partial charge in [-0.3, -0.25) is 9.59 Å². The smallest absolute Gasteiger partial charge is 0.193 e. The molecule has 0 bridgehead atoms. The van der Waals surface area contributed by atoms with Crippen molar-refractivity contribution >= 4 is 23.2 Å². The first-order chi connectivity index (χ1) is 7.58. The Morgan fingerprint density at radius 2 is 2.19 bits per heavy atom. The zero-order valence-electron chi connectivity index (χ0n) is 9.32. The fraction of sp³-hybridized carbons (Fsp3) is 0.333. The molecule has 0 aliphatic rings. The molecule has 0 fully saturated rings. The van der Waals surface area contributed by atoms with Gasteiger partial charge in [0.1, 0.15) is 12.0 Å². The Labute approximate surface area is 98.9 Å². The van der Waals surface area contributed by atoms with Crippen LogP contribution in [0.2, 0.25) is 0 Å². The average molecular weight is 238 g/mol. The number of aromatic hydroxyl groups is 1. The molecule has 0 unspecified atom stereocenters. The molecule has 16 heavy (non-hydrogen) atoms. The van der Waals surface area contributed by atoms with Gasteiger partial charge in [0.2, 0.25) is 0 Å². The number of carbonyl (C=O) groups excluding carboxylic acids is 2. The highest BCUT2D eigenvalue weighted by molar-refractivity contribution is 8.13. The summed E-state index contributed by atoms with van der Waals surface area (Å²) in [5, 5.41) is 9.72. The molecule has 0 aliphatic carbocycles. The fourth-order valence-corrected chi connectivity index (χ4v) is 2.27. The summed E-state index contributed by atoms with van der Waals surface area (Å²) in [6.45, 7) is 3.70. The molecule has 0 spiro atoms. The number of hydrogen-bond acceptors (Lipinski definition) is 4. The number of benzene rings is 1. The van der Waals surface area contributed by atoms with Crippen LogP contribution in [0.1, 0.15) is 35.7 Å². The topological polar surface area (TPSA) is 54.4 Å². The number of carbonyl (C=O) groups is 2. The molecule has 0 aliphatic heterocycles. The number of phenols is 1. The zero-order chi connectivity index (χ0) is 12.1. The van der Waals surface area contributed by atoms with Crippen molar-refractivity contribution in [1.29, 1.82) is 0 Å². The van der Waals surface area contributed by atoms with Gasteiger partial charge in [0.15, 0.2) is 5.12 Å². The number of aldehydes is 1. The first-order valence-electron chi connectivity index (χ1n) is 5.08. The van der Waals surface area contributed by atoms with Crippen LogP contribution in [0.5, 0.6) is 5.75 Å². The predicted molar refractivity (Wildman–Crippen MR) is 64.0 cm³/mol. The first-order valence-corrected chi connectivity index (χ1v) is 5.89. The fourth-order valence-electron chi connectivity index (χ4n) is 1.35. The Bertz CT molecular complexity index is 390. The van der Waals surface area contributed by atoms with Crippen molar-refractivity contribution in [3.8, 4) is 5.75 Å². The summed E-state index contributed by atoms with van der Waals surface area (Å²) in [7, 11) is 0. The van der Waals surface area contributed by atoms with Crippen LogP contribution in [0.15, 0.2) is 17.0 Å². The second-order valence-corrected chi connectivity index (χ2v) is 4.60. The van der Waals surface area contributed by atoms with E-state index in [-0.39, 0.29) is 10.9 Å². The molecule has 86 valence electrons. The standard InChI is InChI=1S/C12H14O3S/c1-3-4-11(15)16-12-8(2)5-9(7-13)6-10(12)14/h5-7,14H,3-4H2,1-2H3. The van der Waals surface area contributed by atoms with Crippen LogP contribution in [0.3, 0.4) is 0 Å². The van der Waals surface area contributed by atoms with E-state index >= 15 is 0 Å². The van der Waals surface area contributed by atoms with Crippen LogP contribution in [-0.2, 0) is 4.79 Å². The maximum absolute atomic E-state index is 11.5. The molecule has 3 nitrogen and oxygen atoms in total. The van der Waals surface area contributed by atoms with Crippen LogP contribution in [-0.4, -0.2) is 16.5 Å². The summed E-state index contributed by atoms with van der Waals surface area (Å²) in [5.74, 6) is -0.00319. The molecular weight excluding hydrogens is 224 g/mol. The Morgan fingerprint density at radius 3 is 2.69 bits per heavy atom. The summed E-state index contributed by atoms with van der Waals surface area (Å²) in [6.07, 6.45) is 1.95. The molecule has 1 N–H and O–H groups in total. The highest BCUT2D eigenvalue weighted by Gasteiger charge is 2.12. The van der Waals surface area contributed by atoms with Crippen LogP contribution in [0, 0.1) is 6.92 Å². The van der Waals surface area contributed by atoms with Crippen molar-refractivity contribution in [1.82, 2.24) is 0 Å². The summed E-state index contributed by atoms with van der Waals surface area (Å²) >= 11 is 1.04. The number of rotatable bonds is 4. The molecule has 1 aromatic rings. The Morgan fingerprint density at radius 1 is 1.50 bits per heavy atom. The molecule has 0 saturated carbocycles. The van der Waals surface area contributed by atoms with Gasteiger partial charge in [-0.15, -0.1) is 0 Å². The second kappa shape index (κ2) is 5.70.